The van der Waals surface area contributed by atoms with Gasteiger partial charge in [-0.2, -0.15) is 0 Å². The van der Waals surface area contributed by atoms with Crippen LogP contribution in [0.3, 0.4) is 0 Å². The van der Waals surface area contributed by atoms with Gasteiger partial charge in [0.05, 0.1) is 6.61 Å². The first-order valence-corrected chi connectivity index (χ1v) is 3.09. The Kier molecular flexibility index (Phi) is 2.28. The minimum Gasteiger partial charge on any atom is -0.464 e. The maximum atomic E-state index is 10.8. The van der Waals surface area contributed by atoms with Gasteiger partial charge in [-0.15, -0.1) is 0 Å². The highest BCUT2D eigenvalue weighted by atomic mass is 16.7. The monoisotopic (exact) mass is 143 g/mol. The molecular formula is C6H9NO3. The van der Waals surface area contributed by atoms with E-state index >= 15 is 0 Å². The fraction of sp³-hybridized carbons (Fsp3) is 0.500. The number of hydrogen-bond acceptors (Lipinski definition) is 4. The van der Waals surface area contributed by atoms with Gasteiger partial charge >= 0.3 is 5.97 Å². The molecule has 1 atom stereocenters. The lowest BCUT2D eigenvalue weighted by atomic mass is 10.4. The summed E-state index contributed by atoms with van der Waals surface area (Å²) in [5, 5.41) is 0. The van der Waals surface area contributed by atoms with E-state index in [9.17, 15) is 4.79 Å². The molecule has 0 saturated carbocycles. The summed E-state index contributed by atoms with van der Waals surface area (Å²) >= 11 is 0. The number of ether oxygens (including phenoxy) is 1. The molecule has 56 valence electrons. The van der Waals surface area contributed by atoms with Crippen LogP contribution in [0.5, 0.6) is 0 Å². The average Bonchev–Trinajstić information content (AvgIpc) is 2.38. The molecule has 0 aromatic carbocycles. The molecule has 1 heterocycles. The molecule has 0 saturated heterocycles. The van der Waals surface area contributed by atoms with E-state index < -0.39 is 6.10 Å². The first-order valence-electron chi connectivity index (χ1n) is 3.09. The Morgan fingerprint density at radius 1 is 1.90 bits per heavy atom. The van der Waals surface area contributed by atoms with Gasteiger partial charge in [0.2, 0.25) is 6.10 Å². The number of esters is 1. The lowest BCUT2D eigenvalue weighted by Crippen LogP contribution is -2.23. The molecule has 1 rings (SSSR count). The summed E-state index contributed by atoms with van der Waals surface area (Å²) in [6, 6.07) is 0. The summed E-state index contributed by atoms with van der Waals surface area (Å²) in [4.78, 5) is 15.5. The van der Waals surface area contributed by atoms with Gasteiger partial charge in [-0.05, 0) is 13.0 Å². The Labute approximate surface area is 58.8 Å². The van der Waals surface area contributed by atoms with Crippen molar-refractivity contribution in [1.82, 2.24) is 5.48 Å². The van der Waals surface area contributed by atoms with Gasteiger partial charge in [-0.3, -0.25) is 10.3 Å². The average molecular weight is 143 g/mol. The Hall–Kier alpha value is -1.03. The molecule has 0 radical (unpaired) electrons. The lowest BCUT2D eigenvalue weighted by molar-refractivity contribution is -0.154. The largest absolute Gasteiger partial charge is 0.464 e. The van der Waals surface area contributed by atoms with Crippen molar-refractivity contribution >= 4 is 5.97 Å². The molecule has 0 aromatic heterocycles. The zero-order chi connectivity index (χ0) is 7.40. The Balaban J connectivity index is 2.33. The standard InChI is InChI=1S/C6H9NO3/c1-2-9-6(8)5-3-4-7-10-5/h3-5,7H,2H2,1H3. The highest BCUT2D eigenvalue weighted by Gasteiger charge is 2.20. The first-order chi connectivity index (χ1) is 4.84. The topological polar surface area (TPSA) is 47.6 Å². The van der Waals surface area contributed by atoms with Crippen molar-refractivity contribution in [1.29, 1.82) is 0 Å². The summed E-state index contributed by atoms with van der Waals surface area (Å²) < 4.78 is 4.67. The lowest BCUT2D eigenvalue weighted by Gasteiger charge is -2.05. The van der Waals surface area contributed by atoms with Crippen molar-refractivity contribution in [3.63, 3.8) is 0 Å². The second kappa shape index (κ2) is 3.22. The molecule has 0 aromatic rings. The molecule has 1 N–H and O–H groups in total. The van der Waals surface area contributed by atoms with Gasteiger partial charge in [0.1, 0.15) is 0 Å². The van der Waals surface area contributed by atoms with Gasteiger partial charge in [0.15, 0.2) is 0 Å². The van der Waals surface area contributed by atoms with Crippen molar-refractivity contribution in [2.45, 2.75) is 13.0 Å². The molecular weight excluding hydrogens is 134 g/mol. The SMILES string of the molecule is CCOC(=O)C1C=CNO1. The van der Waals surface area contributed by atoms with Gasteiger partial charge in [-0.1, -0.05) is 0 Å². The van der Waals surface area contributed by atoms with E-state index in [2.05, 4.69) is 10.2 Å². The summed E-state index contributed by atoms with van der Waals surface area (Å²) in [5.74, 6) is -0.358. The Morgan fingerprint density at radius 2 is 2.70 bits per heavy atom. The van der Waals surface area contributed by atoms with Crippen LogP contribution >= 0.6 is 0 Å². The third-order valence-electron chi connectivity index (χ3n) is 1.05. The molecule has 0 amide bonds. The van der Waals surface area contributed by atoms with Crippen molar-refractivity contribution < 1.29 is 14.4 Å². The van der Waals surface area contributed by atoms with Gasteiger partial charge in [0.25, 0.3) is 0 Å². The van der Waals surface area contributed by atoms with Crippen LogP contribution in [0.25, 0.3) is 0 Å². The van der Waals surface area contributed by atoms with Gasteiger partial charge in [0, 0.05) is 6.20 Å². The predicted molar refractivity (Wildman–Crippen MR) is 33.8 cm³/mol. The van der Waals surface area contributed by atoms with E-state index in [1.807, 2.05) is 0 Å². The van der Waals surface area contributed by atoms with E-state index in [4.69, 9.17) is 4.84 Å². The number of hydroxylamine groups is 1. The fourth-order valence-electron chi connectivity index (χ4n) is 0.630. The summed E-state index contributed by atoms with van der Waals surface area (Å²) in [7, 11) is 0. The van der Waals surface area contributed by atoms with Crippen LogP contribution in [-0.2, 0) is 14.4 Å². The van der Waals surface area contributed by atoms with Crippen LogP contribution in [0.15, 0.2) is 12.3 Å². The highest BCUT2D eigenvalue weighted by Crippen LogP contribution is 2.00. The van der Waals surface area contributed by atoms with E-state index in [1.165, 1.54) is 0 Å². The molecule has 0 spiro atoms. The van der Waals surface area contributed by atoms with Crippen LogP contribution in [-0.4, -0.2) is 18.7 Å². The second-order valence-electron chi connectivity index (χ2n) is 1.77. The zero-order valence-electron chi connectivity index (χ0n) is 5.66. The quantitative estimate of drug-likeness (QED) is 0.551. The van der Waals surface area contributed by atoms with Crippen molar-refractivity contribution in [2.24, 2.45) is 0 Å². The maximum Gasteiger partial charge on any atom is 0.342 e. The van der Waals surface area contributed by atoms with Gasteiger partial charge in [-0.25, -0.2) is 4.79 Å². The smallest absolute Gasteiger partial charge is 0.342 e. The van der Waals surface area contributed by atoms with Gasteiger partial charge < -0.3 is 4.74 Å². The normalized spacial score (nSPS) is 22.3. The minimum absolute atomic E-state index is 0.358. The molecule has 4 nitrogen and oxygen atoms in total. The molecule has 10 heavy (non-hydrogen) atoms. The number of rotatable bonds is 2. The van der Waals surface area contributed by atoms with E-state index in [0.29, 0.717) is 6.61 Å². The molecule has 0 aliphatic carbocycles. The molecule has 1 aliphatic heterocycles. The first kappa shape index (κ1) is 7.08. The van der Waals surface area contributed by atoms with Crippen molar-refractivity contribution in [3.05, 3.63) is 12.3 Å². The van der Waals surface area contributed by atoms with E-state index in [0.717, 1.165) is 0 Å². The van der Waals surface area contributed by atoms with Crippen LogP contribution in [0.2, 0.25) is 0 Å². The summed E-state index contributed by atoms with van der Waals surface area (Å²) in [6.07, 6.45) is 2.58. The molecule has 0 fully saturated rings. The number of carbonyl (C=O) groups is 1. The third kappa shape index (κ3) is 1.48. The second-order valence-corrected chi connectivity index (χ2v) is 1.77. The number of nitrogens with one attached hydrogen (secondary N) is 1. The number of hydrogen-bond donors (Lipinski definition) is 1. The molecule has 4 heteroatoms. The number of carbonyl (C=O) groups excluding carboxylic acids is 1. The van der Waals surface area contributed by atoms with Crippen LogP contribution in [0.4, 0.5) is 0 Å². The predicted octanol–water partition coefficient (Wildman–Crippen LogP) is -0.0334. The van der Waals surface area contributed by atoms with Crippen LogP contribution in [0.1, 0.15) is 6.92 Å². The molecule has 1 unspecified atom stereocenters. The maximum absolute atomic E-state index is 10.8. The molecule has 1 aliphatic rings. The Bertz CT molecular complexity index is 155. The highest BCUT2D eigenvalue weighted by molar-refractivity contribution is 5.77. The van der Waals surface area contributed by atoms with E-state index in [1.54, 1.807) is 19.2 Å². The van der Waals surface area contributed by atoms with E-state index in [-0.39, 0.29) is 5.97 Å². The van der Waals surface area contributed by atoms with Crippen molar-refractivity contribution in [2.75, 3.05) is 6.61 Å². The summed E-state index contributed by atoms with van der Waals surface area (Å²) in [5.41, 5.74) is 2.43. The fourth-order valence-corrected chi connectivity index (χ4v) is 0.630. The van der Waals surface area contributed by atoms with Crippen molar-refractivity contribution in [3.8, 4) is 0 Å². The molecule has 0 bridgehead atoms. The zero-order valence-corrected chi connectivity index (χ0v) is 5.66. The van der Waals surface area contributed by atoms with Crippen LogP contribution < -0.4 is 5.48 Å². The minimum atomic E-state index is -0.569. The Morgan fingerprint density at radius 3 is 3.20 bits per heavy atom. The summed E-state index contributed by atoms with van der Waals surface area (Å²) in [6.45, 7) is 2.14. The van der Waals surface area contributed by atoms with Crippen LogP contribution in [0, 0.1) is 0 Å². The third-order valence-corrected chi connectivity index (χ3v) is 1.05.